The Hall–Kier alpha value is -0.810. The van der Waals surface area contributed by atoms with Gasteiger partial charge in [0.15, 0.2) is 0 Å². The van der Waals surface area contributed by atoms with Crippen LogP contribution < -0.4 is 10.6 Å². The summed E-state index contributed by atoms with van der Waals surface area (Å²) in [5.74, 6) is 0. The fourth-order valence-electron chi connectivity index (χ4n) is 2.61. The van der Waals surface area contributed by atoms with Crippen LogP contribution in [-0.2, 0) is 9.47 Å². The zero-order valence-corrected chi connectivity index (χ0v) is 13.9. The third kappa shape index (κ3) is 5.67. The molecule has 1 aliphatic heterocycles. The molecule has 2 N–H and O–H groups in total. The fraction of sp³-hybridized carbons (Fsp3) is 0.933. The molecule has 1 unspecified atom stereocenters. The van der Waals surface area contributed by atoms with Crippen LogP contribution >= 0.6 is 0 Å². The molecule has 0 aromatic heterocycles. The molecule has 0 aliphatic carbocycles. The molecule has 118 valence electrons. The lowest BCUT2D eigenvalue weighted by Crippen LogP contribution is -2.46. The second kappa shape index (κ2) is 5.90. The van der Waals surface area contributed by atoms with Crippen LogP contribution in [0.3, 0.4) is 0 Å². The summed E-state index contributed by atoms with van der Waals surface area (Å²) in [5.41, 5.74) is -0.738. The van der Waals surface area contributed by atoms with Gasteiger partial charge in [-0.15, -0.1) is 0 Å². The van der Waals surface area contributed by atoms with Crippen LogP contribution in [0.5, 0.6) is 0 Å². The summed E-state index contributed by atoms with van der Waals surface area (Å²) < 4.78 is 11.2. The molecule has 0 saturated carbocycles. The molecule has 1 amide bonds. The molecule has 0 spiro atoms. The molecular weight excluding hydrogens is 256 g/mol. The summed E-state index contributed by atoms with van der Waals surface area (Å²) in [6, 6.07) is 0.290. The van der Waals surface area contributed by atoms with Crippen molar-refractivity contribution in [3.05, 3.63) is 0 Å². The summed E-state index contributed by atoms with van der Waals surface area (Å²) in [6.45, 7) is 15.2. The van der Waals surface area contributed by atoms with E-state index in [1.165, 1.54) is 0 Å². The van der Waals surface area contributed by atoms with E-state index in [1.54, 1.807) is 0 Å². The molecule has 5 heteroatoms. The van der Waals surface area contributed by atoms with Crippen LogP contribution in [0, 0.1) is 0 Å². The largest absolute Gasteiger partial charge is 0.444 e. The van der Waals surface area contributed by atoms with Gasteiger partial charge in [-0.3, -0.25) is 0 Å². The van der Waals surface area contributed by atoms with Crippen molar-refractivity contribution in [1.29, 1.82) is 0 Å². The van der Waals surface area contributed by atoms with Crippen LogP contribution in [0.2, 0.25) is 0 Å². The number of hydrogen-bond donors (Lipinski definition) is 2. The minimum Gasteiger partial charge on any atom is -0.444 e. The van der Waals surface area contributed by atoms with Gasteiger partial charge in [0, 0.05) is 19.1 Å². The van der Waals surface area contributed by atoms with E-state index in [1.807, 2.05) is 20.8 Å². The van der Waals surface area contributed by atoms with E-state index in [2.05, 4.69) is 38.3 Å². The summed E-state index contributed by atoms with van der Waals surface area (Å²) >= 11 is 0. The van der Waals surface area contributed by atoms with Crippen molar-refractivity contribution in [2.24, 2.45) is 0 Å². The second-order valence-electron chi connectivity index (χ2n) is 7.60. The molecule has 1 atom stereocenters. The number of rotatable bonds is 4. The zero-order chi connectivity index (χ0) is 15.6. The molecule has 0 aromatic carbocycles. The van der Waals surface area contributed by atoms with Gasteiger partial charge in [-0.05, 0) is 54.9 Å². The van der Waals surface area contributed by atoms with Crippen molar-refractivity contribution in [3.63, 3.8) is 0 Å². The summed E-state index contributed by atoms with van der Waals surface area (Å²) in [6.07, 6.45) is 0.591. The maximum absolute atomic E-state index is 11.5. The van der Waals surface area contributed by atoms with Crippen LogP contribution in [0.4, 0.5) is 4.79 Å². The number of alkyl carbamates (subject to hydrolysis) is 1. The van der Waals surface area contributed by atoms with Crippen LogP contribution in [0.1, 0.15) is 54.9 Å². The normalized spacial score (nSPS) is 24.4. The Morgan fingerprint density at radius 2 is 1.85 bits per heavy atom. The predicted molar refractivity (Wildman–Crippen MR) is 79.9 cm³/mol. The maximum atomic E-state index is 11.5. The number of carbonyl (C=O) groups is 1. The third-order valence-electron chi connectivity index (χ3n) is 3.26. The highest BCUT2D eigenvalue weighted by Crippen LogP contribution is 2.36. The Kier molecular flexibility index (Phi) is 5.08. The van der Waals surface area contributed by atoms with Crippen LogP contribution in [0.25, 0.3) is 0 Å². The lowest BCUT2D eigenvalue weighted by molar-refractivity contribution is -0.0697. The number of ether oxygens (including phenoxy) is 2. The Morgan fingerprint density at radius 1 is 1.25 bits per heavy atom. The summed E-state index contributed by atoms with van der Waals surface area (Å²) in [5, 5.41) is 6.20. The van der Waals surface area contributed by atoms with Gasteiger partial charge in [0.25, 0.3) is 0 Å². The van der Waals surface area contributed by atoms with Gasteiger partial charge in [-0.2, -0.15) is 0 Å². The number of nitrogens with one attached hydrogen (secondary N) is 2. The van der Waals surface area contributed by atoms with Crippen molar-refractivity contribution < 1.29 is 14.3 Å². The molecule has 1 heterocycles. The van der Waals surface area contributed by atoms with Crippen molar-refractivity contribution >= 4 is 6.09 Å². The first-order chi connectivity index (χ1) is 8.91. The second-order valence-corrected chi connectivity index (χ2v) is 7.60. The van der Waals surface area contributed by atoms with Gasteiger partial charge in [-0.1, -0.05) is 0 Å². The van der Waals surface area contributed by atoms with E-state index in [0.717, 1.165) is 6.42 Å². The van der Waals surface area contributed by atoms with E-state index in [0.29, 0.717) is 13.1 Å². The monoisotopic (exact) mass is 286 g/mol. The van der Waals surface area contributed by atoms with Gasteiger partial charge in [-0.25, -0.2) is 4.79 Å². The first kappa shape index (κ1) is 17.2. The Morgan fingerprint density at radius 3 is 2.30 bits per heavy atom. The lowest BCUT2D eigenvalue weighted by atomic mass is 9.94. The first-order valence-electron chi connectivity index (χ1n) is 7.32. The minimum atomic E-state index is -0.456. The van der Waals surface area contributed by atoms with E-state index in [-0.39, 0.29) is 23.3 Å². The maximum Gasteiger partial charge on any atom is 0.407 e. The Labute approximate surface area is 122 Å². The zero-order valence-electron chi connectivity index (χ0n) is 13.9. The molecular formula is C15H30N2O3. The minimum absolute atomic E-state index is 0.0975. The van der Waals surface area contributed by atoms with Crippen LogP contribution in [-0.4, -0.2) is 42.0 Å². The topological polar surface area (TPSA) is 59.6 Å². The molecule has 0 radical (unpaired) electrons. The van der Waals surface area contributed by atoms with Crippen LogP contribution in [0.15, 0.2) is 0 Å². The summed E-state index contributed by atoms with van der Waals surface area (Å²) in [7, 11) is 0. The molecule has 0 bridgehead atoms. The van der Waals surface area contributed by atoms with Gasteiger partial charge in [0.1, 0.15) is 5.60 Å². The summed E-state index contributed by atoms with van der Waals surface area (Å²) in [4.78, 5) is 11.5. The highest BCUT2D eigenvalue weighted by Gasteiger charge is 2.45. The number of amides is 1. The predicted octanol–water partition coefficient (Wildman–Crippen LogP) is 2.45. The van der Waals surface area contributed by atoms with Gasteiger partial charge >= 0.3 is 6.09 Å². The molecule has 0 aromatic rings. The van der Waals surface area contributed by atoms with Gasteiger partial charge in [0.05, 0.1) is 11.2 Å². The van der Waals surface area contributed by atoms with Gasteiger partial charge in [0.2, 0.25) is 0 Å². The van der Waals surface area contributed by atoms with E-state index < -0.39 is 5.60 Å². The van der Waals surface area contributed by atoms with Crippen molar-refractivity contribution in [2.45, 2.75) is 77.7 Å². The number of carbonyl (C=O) groups excluding carboxylic acids is 1. The smallest absolute Gasteiger partial charge is 0.407 e. The molecule has 1 saturated heterocycles. The molecule has 1 fully saturated rings. The van der Waals surface area contributed by atoms with Gasteiger partial charge < -0.3 is 20.1 Å². The molecule has 1 aliphatic rings. The standard InChI is InChI=1S/C15H30N2O3/c1-13(2,3)19-12(18)17-9-8-16-11-10-14(4,5)20-15(11,6)7/h11,16H,8-10H2,1-7H3,(H,17,18). The van der Waals surface area contributed by atoms with Crippen molar-refractivity contribution in [2.75, 3.05) is 13.1 Å². The average molecular weight is 286 g/mol. The van der Waals surface area contributed by atoms with Crippen molar-refractivity contribution in [3.8, 4) is 0 Å². The molecule has 5 nitrogen and oxygen atoms in total. The lowest BCUT2D eigenvalue weighted by Gasteiger charge is -2.28. The Balaban J connectivity index is 2.27. The Bertz CT molecular complexity index is 346. The van der Waals surface area contributed by atoms with Crippen molar-refractivity contribution in [1.82, 2.24) is 10.6 Å². The average Bonchev–Trinajstić information content (AvgIpc) is 2.38. The van der Waals surface area contributed by atoms with E-state index >= 15 is 0 Å². The molecule has 20 heavy (non-hydrogen) atoms. The fourth-order valence-corrected chi connectivity index (χ4v) is 2.61. The highest BCUT2D eigenvalue weighted by molar-refractivity contribution is 5.67. The number of hydrogen-bond acceptors (Lipinski definition) is 4. The van der Waals surface area contributed by atoms with E-state index in [9.17, 15) is 4.79 Å². The third-order valence-corrected chi connectivity index (χ3v) is 3.26. The first-order valence-corrected chi connectivity index (χ1v) is 7.32. The van der Waals surface area contributed by atoms with E-state index in [4.69, 9.17) is 9.47 Å². The molecule has 1 rings (SSSR count). The quantitative estimate of drug-likeness (QED) is 0.779. The highest BCUT2D eigenvalue weighted by atomic mass is 16.6. The SMILES string of the molecule is CC(C)(C)OC(=O)NCCNC1CC(C)(C)OC1(C)C.